The number of rotatable bonds is 2. The summed E-state index contributed by atoms with van der Waals surface area (Å²) >= 11 is 1.87. The van der Waals surface area contributed by atoms with E-state index >= 15 is 0 Å². The molecule has 0 saturated heterocycles. The van der Waals surface area contributed by atoms with E-state index in [4.69, 9.17) is 8.83 Å². The van der Waals surface area contributed by atoms with Crippen molar-refractivity contribution >= 4 is 86.0 Å². The summed E-state index contributed by atoms with van der Waals surface area (Å²) in [5, 5.41) is 10.9. The Morgan fingerprint density at radius 3 is 1.72 bits per heavy atom. The zero-order chi connectivity index (χ0) is 28.1. The van der Waals surface area contributed by atoms with E-state index < -0.39 is 0 Å². The Labute approximate surface area is 250 Å². The van der Waals surface area contributed by atoms with Crippen LogP contribution in [-0.2, 0) is 0 Å². The fourth-order valence-electron chi connectivity index (χ4n) is 7.07. The first-order chi connectivity index (χ1) is 21.3. The summed E-state index contributed by atoms with van der Waals surface area (Å²) < 4.78 is 14.7. The Morgan fingerprint density at radius 1 is 0.395 bits per heavy atom. The molecule has 10 rings (SSSR count). The molecule has 0 spiro atoms. The molecule has 0 bridgehead atoms. The van der Waals surface area contributed by atoms with Gasteiger partial charge in [0.25, 0.3) is 0 Å². The van der Waals surface area contributed by atoms with Crippen LogP contribution in [0.5, 0.6) is 0 Å². The molecule has 0 N–H and O–H groups in total. The number of hydrogen-bond donors (Lipinski definition) is 0. The van der Waals surface area contributed by atoms with Crippen molar-refractivity contribution in [3.63, 3.8) is 0 Å². The van der Waals surface area contributed by atoms with Gasteiger partial charge in [0.05, 0.1) is 11.6 Å². The largest absolute Gasteiger partial charge is 0.464 e. The Hall–Kier alpha value is -5.38. The summed E-state index contributed by atoms with van der Waals surface area (Å²) in [7, 11) is 0. The fraction of sp³-hybridized carbons (Fsp3) is 0. The van der Waals surface area contributed by atoms with Crippen molar-refractivity contribution in [2.24, 2.45) is 0 Å². The summed E-state index contributed by atoms with van der Waals surface area (Å²) in [6.45, 7) is 0. The lowest BCUT2D eigenvalue weighted by Gasteiger charge is -2.18. The SMILES string of the molecule is c1ccc2c(c1)sc1cc(-c3c4ccccc4c(-c4ccc5oc6c7ccoc7ccc6c5c4)c4ccccc34)ccc12. The summed E-state index contributed by atoms with van der Waals surface area (Å²) in [6.07, 6.45) is 1.72. The topological polar surface area (TPSA) is 26.3 Å². The third kappa shape index (κ3) is 3.23. The van der Waals surface area contributed by atoms with Crippen molar-refractivity contribution in [3.05, 3.63) is 134 Å². The molecule has 0 saturated carbocycles. The first-order valence-corrected chi connectivity index (χ1v) is 15.3. The molecule has 0 unspecified atom stereocenters. The molecule has 2 nitrogen and oxygen atoms in total. The Morgan fingerprint density at radius 2 is 0.977 bits per heavy atom. The van der Waals surface area contributed by atoms with E-state index in [2.05, 4.69) is 115 Å². The van der Waals surface area contributed by atoms with Crippen molar-refractivity contribution in [1.82, 2.24) is 0 Å². The third-order valence-corrected chi connectivity index (χ3v) is 10.1. The molecule has 0 aliphatic rings. The molecule has 3 heteroatoms. The van der Waals surface area contributed by atoms with E-state index in [-0.39, 0.29) is 0 Å². The normalized spacial score (nSPS) is 12.2. The minimum Gasteiger partial charge on any atom is -0.464 e. The standard InChI is InChI=1S/C40H22O2S/c1-3-10-29-27(8-1)38(23-14-17-35-33(21-23)31-16-18-34-32(19-20-41-34)40(31)42-35)28-9-2-4-11-30(28)39(29)24-13-15-26-25-7-5-6-12-36(25)43-37(26)22-24/h1-22H. The molecule has 0 radical (unpaired) electrons. The molecule has 0 atom stereocenters. The molecule has 0 amide bonds. The van der Waals surface area contributed by atoms with Gasteiger partial charge in [0, 0.05) is 30.9 Å². The fourth-order valence-corrected chi connectivity index (χ4v) is 8.21. The van der Waals surface area contributed by atoms with Gasteiger partial charge < -0.3 is 8.83 Å². The molecule has 10 aromatic rings. The van der Waals surface area contributed by atoms with Gasteiger partial charge in [-0.15, -0.1) is 11.3 Å². The smallest absolute Gasteiger partial charge is 0.146 e. The lowest BCUT2D eigenvalue weighted by molar-refractivity contribution is 0.615. The molecule has 43 heavy (non-hydrogen) atoms. The van der Waals surface area contributed by atoms with E-state index in [9.17, 15) is 0 Å². The maximum absolute atomic E-state index is 6.36. The molecule has 7 aromatic carbocycles. The van der Waals surface area contributed by atoms with Crippen LogP contribution in [0.3, 0.4) is 0 Å². The highest BCUT2D eigenvalue weighted by atomic mass is 32.1. The van der Waals surface area contributed by atoms with Crippen molar-refractivity contribution < 1.29 is 8.83 Å². The Kier molecular flexibility index (Phi) is 4.63. The van der Waals surface area contributed by atoms with Gasteiger partial charge in [0.15, 0.2) is 0 Å². The second-order valence-electron chi connectivity index (χ2n) is 11.2. The first kappa shape index (κ1) is 23.2. The number of benzene rings is 7. The molecular weight excluding hydrogens is 545 g/mol. The van der Waals surface area contributed by atoms with Crippen LogP contribution in [0.15, 0.2) is 142 Å². The highest BCUT2D eigenvalue weighted by molar-refractivity contribution is 7.25. The first-order valence-electron chi connectivity index (χ1n) is 14.5. The predicted molar refractivity (Wildman–Crippen MR) is 182 cm³/mol. The van der Waals surface area contributed by atoms with Crippen LogP contribution < -0.4 is 0 Å². The van der Waals surface area contributed by atoms with Crippen molar-refractivity contribution in [2.45, 2.75) is 0 Å². The molecule has 0 fully saturated rings. The second kappa shape index (κ2) is 8.57. The van der Waals surface area contributed by atoms with Gasteiger partial charge in [0.1, 0.15) is 16.7 Å². The summed E-state index contributed by atoms with van der Waals surface area (Å²) in [6, 6.07) is 46.1. The predicted octanol–water partition coefficient (Wildman–Crippen LogP) is 12.3. The quantitative estimate of drug-likeness (QED) is 0.195. The van der Waals surface area contributed by atoms with Gasteiger partial charge in [-0.25, -0.2) is 0 Å². The lowest BCUT2D eigenvalue weighted by atomic mass is 9.85. The molecule has 3 heterocycles. The minimum atomic E-state index is 0.841. The van der Waals surface area contributed by atoms with Gasteiger partial charge in [0.2, 0.25) is 0 Å². The summed E-state index contributed by atoms with van der Waals surface area (Å²) in [5.41, 5.74) is 7.56. The van der Waals surface area contributed by atoms with Gasteiger partial charge >= 0.3 is 0 Å². The monoisotopic (exact) mass is 566 g/mol. The van der Waals surface area contributed by atoms with Crippen LogP contribution in [0.25, 0.3) is 96.9 Å². The highest BCUT2D eigenvalue weighted by Crippen LogP contribution is 2.46. The van der Waals surface area contributed by atoms with E-state index in [0.717, 1.165) is 32.9 Å². The number of fused-ring (bicyclic) bond motifs is 10. The van der Waals surface area contributed by atoms with Crippen molar-refractivity contribution in [1.29, 1.82) is 0 Å². The second-order valence-corrected chi connectivity index (χ2v) is 12.3. The number of hydrogen-bond acceptors (Lipinski definition) is 3. The highest BCUT2D eigenvalue weighted by Gasteiger charge is 2.19. The van der Waals surface area contributed by atoms with Gasteiger partial charge in [-0.3, -0.25) is 0 Å². The molecule has 0 aliphatic carbocycles. The van der Waals surface area contributed by atoms with Crippen LogP contribution >= 0.6 is 11.3 Å². The van der Waals surface area contributed by atoms with Crippen LogP contribution in [0.4, 0.5) is 0 Å². The maximum atomic E-state index is 6.36. The van der Waals surface area contributed by atoms with Gasteiger partial charge in [-0.05, 0) is 86.3 Å². The summed E-state index contributed by atoms with van der Waals surface area (Å²) in [5.74, 6) is 0. The Bertz CT molecular complexity index is 2680. The van der Waals surface area contributed by atoms with E-state index in [1.165, 1.54) is 64.0 Å². The minimum absolute atomic E-state index is 0.841. The van der Waals surface area contributed by atoms with Crippen LogP contribution in [-0.4, -0.2) is 0 Å². The van der Waals surface area contributed by atoms with Crippen molar-refractivity contribution in [3.8, 4) is 22.3 Å². The van der Waals surface area contributed by atoms with E-state index in [0.29, 0.717) is 0 Å². The number of furan rings is 2. The molecule has 0 aliphatic heterocycles. The average Bonchev–Trinajstić information content (AvgIpc) is 3.78. The third-order valence-electron chi connectivity index (χ3n) is 8.96. The van der Waals surface area contributed by atoms with E-state index in [1.807, 2.05) is 23.5 Å². The maximum Gasteiger partial charge on any atom is 0.146 e. The van der Waals surface area contributed by atoms with Crippen LogP contribution in [0, 0.1) is 0 Å². The van der Waals surface area contributed by atoms with Crippen LogP contribution in [0.2, 0.25) is 0 Å². The lowest BCUT2D eigenvalue weighted by Crippen LogP contribution is -1.90. The molecular formula is C40H22O2S. The van der Waals surface area contributed by atoms with Crippen molar-refractivity contribution in [2.75, 3.05) is 0 Å². The van der Waals surface area contributed by atoms with Gasteiger partial charge in [-0.1, -0.05) is 84.9 Å². The Balaban J connectivity index is 1.27. The van der Waals surface area contributed by atoms with Crippen LogP contribution in [0.1, 0.15) is 0 Å². The number of thiophene rings is 1. The van der Waals surface area contributed by atoms with Gasteiger partial charge in [-0.2, -0.15) is 0 Å². The summed E-state index contributed by atoms with van der Waals surface area (Å²) in [4.78, 5) is 0. The van der Waals surface area contributed by atoms with E-state index in [1.54, 1.807) is 6.26 Å². The molecule has 200 valence electrons. The molecule has 3 aromatic heterocycles. The average molecular weight is 567 g/mol. The zero-order valence-electron chi connectivity index (χ0n) is 22.9. The zero-order valence-corrected chi connectivity index (χ0v) is 23.7.